The fourth-order valence-electron chi connectivity index (χ4n) is 1.38. The molecule has 7 heteroatoms. The maximum Gasteiger partial charge on any atom is 0.375 e. The van der Waals surface area contributed by atoms with Crippen molar-refractivity contribution in [2.75, 3.05) is 0 Å². The van der Waals surface area contributed by atoms with E-state index in [-0.39, 0.29) is 18.1 Å². The summed E-state index contributed by atoms with van der Waals surface area (Å²) in [5.74, 6) is -2.81. The van der Waals surface area contributed by atoms with Crippen LogP contribution < -0.4 is 0 Å². The largest absolute Gasteiger partial charge is 0.475 e. The van der Waals surface area contributed by atoms with E-state index in [9.17, 15) is 13.6 Å². The molecule has 5 nitrogen and oxygen atoms in total. The number of carbonyl (C=O) groups is 1. The molecule has 0 atom stereocenters. The van der Waals surface area contributed by atoms with Crippen molar-refractivity contribution >= 4 is 5.97 Å². The van der Waals surface area contributed by atoms with Crippen LogP contribution in [-0.2, 0) is 6.42 Å². The molecule has 0 bridgehead atoms. The number of nitrogens with one attached hydrogen (secondary N) is 1. The van der Waals surface area contributed by atoms with Gasteiger partial charge in [0.05, 0.1) is 0 Å². The normalized spacial score (nSPS) is 10.5. The molecule has 1 aromatic heterocycles. The van der Waals surface area contributed by atoms with Crippen LogP contribution in [0, 0.1) is 11.6 Å². The van der Waals surface area contributed by atoms with E-state index in [1.807, 2.05) is 0 Å². The van der Waals surface area contributed by atoms with Crippen molar-refractivity contribution in [2.45, 2.75) is 6.42 Å². The van der Waals surface area contributed by atoms with Gasteiger partial charge in [-0.25, -0.2) is 18.6 Å². The Morgan fingerprint density at radius 1 is 1.29 bits per heavy atom. The van der Waals surface area contributed by atoms with Crippen LogP contribution in [-0.4, -0.2) is 26.3 Å². The Morgan fingerprint density at radius 3 is 2.47 bits per heavy atom. The maximum atomic E-state index is 12.9. The summed E-state index contributed by atoms with van der Waals surface area (Å²) in [7, 11) is 0. The third-order valence-corrected chi connectivity index (χ3v) is 2.02. The minimum atomic E-state index is -1.27. The van der Waals surface area contributed by atoms with Gasteiger partial charge in [0, 0.05) is 12.5 Å². The van der Waals surface area contributed by atoms with E-state index in [1.165, 1.54) is 0 Å². The molecule has 1 heterocycles. The van der Waals surface area contributed by atoms with Crippen LogP contribution in [0.15, 0.2) is 18.2 Å². The summed E-state index contributed by atoms with van der Waals surface area (Å²) in [5, 5.41) is 14.4. The lowest BCUT2D eigenvalue weighted by Crippen LogP contribution is -1.99. The number of halogens is 2. The van der Waals surface area contributed by atoms with Gasteiger partial charge in [-0.05, 0) is 17.7 Å². The number of hydrogen-bond donors (Lipinski definition) is 2. The van der Waals surface area contributed by atoms with Gasteiger partial charge in [-0.15, -0.1) is 5.10 Å². The quantitative estimate of drug-likeness (QED) is 0.847. The van der Waals surface area contributed by atoms with Gasteiger partial charge in [0.25, 0.3) is 5.82 Å². The average Bonchev–Trinajstić information content (AvgIpc) is 2.64. The molecular formula is C10H7F2N3O2. The molecule has 88 valence electrons. The van der Waals surface area contributed by atoms with E-state index in [0.29, 0.717) is 5.56 Å². The molecule has 0 aliphatic heterocycles. The number of H-pyrrole nitrogens is 1. The number of aromatic amines is 1. The van der Waals surface area contributed by atoms with Crippen molar-refractivity contribution in [2.24, 2.45) is 0 Å². The van der Waals surface area contributed by atoms with Gasteiger partial charge < -0.3 is 5.11 Å². The van der Waals surface area contributed by atoms with Gasteiger partial charge in [-0.2, -0.15) is 0 Å². The number of aromatic carboxylic acids is 1. The van der Waals surface area contributed by atoms with Gasteiger partial charge in [-0.3, -0.25) is 5.10 Å². The fraction of sp³-hybridized carbons (Fsp3) is 0.100. The summed E-state index contributed by atoms with van der Waals surface area (Å²) in [6.45, 7) is 0. The van der Waals surface area contributed by atoms with E-state index in [4.69, 9.17) is 5.11 Å². The minimum absolute atomic E-state index is 0.0783. The molecule has 2 rings (SSSR count). The van der Waals surface area contributed by atoms with E-state index in [2.05, 4.69) is 15.2 Å². The SMILES string of the molecule is O=C(O)c1n[nH]c(Cc2cc(F)cc(F)c2)n1. The summed E-state index contributed by atoms with van der Waals surface area (Å²) >= 11 is 0. The van der Waals surface area contributed by atoms with E-state index < -0.39 is 17.6 Å². The van der Waals surface area contributed by atoms with Crippen molar-refractivity contribution < 1.29 is 18.7 Å². The molecule has 0 amide bonds. The predicted octanol–water partition coefficient (Wildman–Crippen LogP) is 1.37. The van der Waals surface area contributed by atoms with Crippen LogP contribution in [0.25, 0.3) is 0 Å². The van der Waals surface area contributed by atoms with E-state index in [0.717, 1.165) is 18.2 Å². The molecule has 0 saturated heterocycles. The Labute approximate surface area is 94.1 Å². The molecule has 2 N–H and O–H groups in total. The summed E-state index contributed by atoms with van der Waals surface area (Å²) in [6.07, 6.45) is 0.0783. The highest BCUT2D eigenvalue weighted by Gasteiger charge is 2.11. The second-order valence-electron chi connectivity index (χ2n) is 3.37. The Hall–Kier alpha value is -2.31. The van der Waals surface area contributed by atoms with Crippen molar-refractivity contribution in [3.05, 3.63) is 47.0 Å². The van der Waals surface area contributed by atoms with Gasteiger partial charge in [0.15, 0.2) is 0 Å². The topological polar surface area (TPSA) is 78.9 Å². The third-order valence-electron chi connectivity index (χ3n) is 2.02. The first-order valence-electron chi connectivity index (χ1n) is 4.64. The average molecular weight is 239 g/mol. The van der Waals surface area contributed by atoms with Crippen LogP contribution in [0.2, 0.25) is 0 Å². The van der Waals surface area contributed by atoms with Crippen molar-refractivity contribution in [1.82, 2.24) is 15.2 Å². The monoisotopic (exact) mass is 239 g/mol. The van der Waals surface area contributed by atoms with Crippen molar-refractivity contribution in [1.29, 1.82) is 0 Å². The van der Waals surface area contributed by atoms with Crippen LogP contribution in [0.1, 0.15) is 22.0 Å². The summed E-state index contributed by atoms with van der Waals surface area (Å²) in [4.78, 5) is 14.2. The van der Waals surface area contributed by atoms with Crippen LogP contribution in [0.3, 0.4) is 0 Å². The third kappa shape index (κ3) is 2.63. The number of benzene rings is 1. The Balaban J connectivity index is 2.22. The highest BCUT2D eigenvalue weighted by atomic mass is 19.1. The van der Waals surface area contributed by atoms with E-state index >= 15 is 0 Å². The fourth-order valence-corrected chi connectivity index (χ4v) is 1.38. The van der Waals surface area contributed by atoms with Crippen LogP contribution in [0.4, 0.5) is 8.78 Å². The first-order valence-corrected chi connectivity index (χ1v) is 4.64. The molecule has 0 saturated carbocycles. The summed E-state index contributed by atoms with van der Waals surface area (Å²) in [6, 6.07) is 3.05. The molecule has 0 unspecified atom stereocenters. The van der Waals surface area contributed by atoms with Gasteiger partial charge >= 0.3 is 5.97 Å². The standard InChI is InChI=1S/C10H7F2N3O2/c11-6-1-5(2-7(12)4-6)3-8-13-9(10(16)17)15-14-8/h1-2,4H,3H2,(H,16,17)(H,13,14,15). The number of carboxylic acid groups (broad SMARTS) is 1. The minimum Gasteiger partial charge on any atom is -0.475 e. The molecule has 0 fully saturated rings. The summed E-state index contributed by atoms with van der Waals surface area (Å²) in [5.41, 5.74) is 0.343. The molecule has 0 aliphatic carbocycles. The second-order valence-corrected chi connectivity index (χ2v) is 3.37. The molecule has 2 aromatic rings. The maximum absolute atomic E-state index is 12.9. The number of hydrogen-bond acceptors (Lipinski definition) is 3. The van der Waals surface area contributed by atoms with Gasteiger partial charge in [0.2, 0.25) is 0 Å². The Morgan fingerprint density at radius 2 is 1.94 bits per heavy atom. The zero-order chi connectivity index (χ0) is 12.4. The summed E-state index contributed by atoms with van der Waals surface area (Å²) < 4.78 is 25.8. The lowest BCUT2D eigenvalue weighted by molar-refractivity contribution is 0.0684. The van der Waals surface area contributed by atoms with Gasteiger partial charge in [-0.1, -0.05) is 0 Å². The molecule has 0 radical (unpaired) electrons. The van der Waals surface area contributed by atoms with Crippen LogP contribution in [0.5, 0.6) is 0 Å². The second kappa shape index (κ2) is 4.28. The van der Waals surface area contributed by atoms with Crippen molar-refractivity contribution in [3.63, 3.8) is 0 Å². The van der Waals surface area contributed by atoms with Gasteiger partial charge in [0.1, 0.15) is 17.5 Å². The smallest absolute Gasteiger partial charge is 0.375 e. The highest BCUT2D eigenvalue weighted by Crippen LogP contribution is 2.11. The van der Waals surface area contributed by atoms with Crippen molar-refractivity contribution in [3.8, 4) is 0 Å². The number of rotatable bonds is 3. The molecule has 0 aliphatic rings. The first kappa shape index (κ1) is 11.2. The zero-order valence-electron chi connectivity index (χ0n) is 8.44. The molecule has 17 heavy (non-hydrogen) atoms. The zero-order valence-corrected chi connectivity index (χ0v) is 8.44. The Kier molecular flexibility index (Phi) is 2.82. The lowest BCUT2D eigenvalue weighted by Gasteiger charge is -1.98. The molecule has 0 spiro atoms. The number of carboxylic acids is 1. The number of nitrogens with zero attached hydrogens (tertiary/aromatic N) is 2. The van der Waals surface area contributed by atoms with Crippen LogP contribution >= 0.6 is 0 Å². The highest BCUT2D eigenvalue weighted by molar-refractivity contribution is 5.82. The predicted molar refractivity (Wildman–Crippen MR) is 52.5 cm³/mol. The van der Waals surface area contributed by atoms with E-state index in [1.54, 1.807) is 0 Å². The first-order chi connectivity index (χ1) is 8.04. The number of aromatic nitrogens is 3. The Bertz CT molecular complexity index is 548. The lowest BCUT2D eigenvalue weighted by atomic mass is 10.1. The molecule has 1 aromatic carbocycles. The molecular weight excluding hydrogens is 232 g/mol.